The molecule has 2 aromatic heterocycles. The molecule has 1 fully saturated rings. The quantitative estimate of drug-likeness (QED) is 0.775. The maximum Gasteiger partial charge on any atom is 0.289 e. The summed E-state index contributed by atoms with van der Waals surface area (Å²) in [5, 5.41) is 4.91. The molecule has 0 radical (unpaired) electrons. The molecule has 5 heteroatoms. The number of hydrogen-bond donors (Lipinski definition) is 2. The van der Waals surface area contributed by atoms with Crippen LogP contribution >= 0.6 is 0 Å². The summed E-state index contributed by atoms with van der Waals surface area (Å²) in [6, 6.07) is 12.4. The smallest absolute Gasteiger partial charge is 0.289 e. The second-order valence-corrected chi connectivity index (χ2v) is 6.28. The molecule has 1 aliphatic heterocycles. The van der Waals surface area contributed by atoms with E-state index in [2.05, 4.69) is 34.6 Å². The van der Waals surface area contributed by atoms with Crippen LogP contribution < -0.4 is 5.32 Å². The van der Waals surface area contributed by atoms with Crippen LogP contribution in [-0.2, 0) is 6.54 Å². The minimum atomic E-state index is -0.00413. The number of H-pyrrole nitrogens is 1. The highest BCUT2D eigenvalue weighted by Crippen LogP contribution is 2.19. The summed E-state index contributed by atoms with van der Waals surface area (Å²) in [6.07, 6.45) is 5.46. The topological polar surface area (TPSA) is 61.3 Å². The summed E-state index contributed by atoms with van der Waals surface area (Å²) in [5.74, 6) is 0.427. The van der Waals surface area contributed by atoms with Crippen molar-refractivity contribution in [3.8, 4) is 0 Å². The second kappa shape index (κ2) is 6.53. The molecule has 0 saturated carbocycles. The lowest BCUT2D eigenvalue weighted by atomic mass is 10.0. The van der Waals surface area contributed by atoms with Gasteiger partial charge in [0.15, 0.2) is 5.76 Å². The molecule has 2 N–H and O–H groups in total. The van der Waals surface area contributed by atoms with Crippen molar-refractivity contribution in [3.63, 3.8) is 0 Å². The van der Waals surface area contributed by atoms with E-state index in [4.69, 9.17) is 4.42 Å². The highest BCUT2D eigenvalue weighted by atomic mass is 16.3. The Labute approximate surface area is 140 Å². The van der Waals surface area contributed by atoms with Gasteiger partial charge in [0.1, 0.15) is 0 Å². The number of piperidine rings is 1. The zero-order chi connectivity index (χ0) is 16.4. The van der Waals surface area contributed by atoms with Crippen LogP contribution in [0.4, 0.5) is 0 Å². The van der Waals surface area contributed by atoms with Gasteiger partial charge in [-0.2, -0.15) is 0 Å². The number of amides is 1. The van der Waals surface area contributed by atoms with E-state index in [1.54, 1.807) is 18.4 Å². The Kier molecular flexibility index (Phi) is 4.09. The molecule has 1 amide bonds. The molecular formula is C19H21N3O2. The van der Waals surface area contributed by atoms with Crippen molar-refractivity contribution < 1.29 is 9.21 Å². The van der Waals surface area contributed by atoms with E-state index in [1.807, 2.05) is 11.1 Å². The Hall–Kier alpha value is -2.53. The molecular weight excluding hydrogens is 302 g/mol. The van der Waals surface area contributed by atoms with E-state index in [0.29, 0.717) is 11.8 Å². The minimum Gasteiger partial charge on any atom is -0.459 e. The number of benzene rings is 1. The molecule has 0 bridgehead atoms. The Bertz CT molecular complexity index is 814. The number of aromatic nitrogens is 1. The Morgan fingerprint density at radius 1 is 1.21 bits per heavy atom. The fourth-order valence-electron chi connectivity index (χ4n) is 3.40. The number of fused-ring (bicyclic) bond motifs is 1. The van der Waals surface area contributed by atoms with Crippen LogP contribution in [0.3, 0.4) is 0 Å². The molecule has 0 unspecified atom stereocenters. The highest BCUT2D eigenvalue weighted by molar-refractivity contribution is 5.91. The SMILES string of the molecule is O=C(c1ccco1)N1CCC(NCc2cccc3[nH]ccc23)CC1. The minimum absolute atomic E-state index is 0.00413. The first-order valence-electron chi connectivity index (χ1n) is 8.42. The van der Waals surface area contributed by atoms with Gasteiger partial charge in [0.05, 0.1) is 6.26 Å². The van der Waals surface area contributed by atoms with Crippen molar-refractivity contribution >= 4 is 16.8 Å². The van der Waals surface area contributed by atoms with Gasteiger partial charge >= 0.3 is 0 Å². The second-order valence-electron chi connectivity index (χ2n) is 6.28. The molecule has 3 aromatic rings. The van der Waals surface area contributed by atoms with Gasteiger partial charge in [-0.15, -0.1) is 0 Å². The van der Waals surface area contributed by atoms with Crippen molar-refractivity contribution in [2.75, 3.05) is 13.1 Å². The van der Waals surface area contributed by atoms with E-state index in [0.717, 1.165) is 32.5 Å². The van der Waals surface area contributed by atoms with Crippen LogP contribution in [0.2, 0.25) is 0 Å². The zero-order valence-electron chi connectivity index (χ0n) is 13.5. The zero-order valence-corrected chi connectivity index (χ0v) is 13.5. The molecule has 24 heavy (non-hydrogen) atoms. The number of aromatic amines is 1. The number of likely N-dealkylation sites (tertiary alicyclic amines) is 1. The first-order valence-corrected chi connectivity index (χ1v) is 8.42. The molecule has 0 aliphatic carbocycles. The third-order valence-electron chi connectivity index (χ3n) is 4.78. The van der Waals surface area contributed by atoms with Gasteiger partial charge in [0, 0.05) is 42.8 Å². The fourth-order valence-corrected chi connectivity index (χ4v) is 3.40. The summed E-state index contributed by atoms with van der Waals surface area (Å²) in [5.41, 5.74) is 2.48. The Morgan fingerprint density at radius 3 is 2.88 bits per heavy atom. The van der Waals surface area contributed by atoms with E-state index >= 15 is 0 Å². The van der Waals surface area contributed by atoms with E-state index in [1.165, 1.54) is 16.5 Å². The average molecular weight is 323 g/mol. The monoisotopic (exact) mass is 323 g/mol. The summed E-state index contributed by atoms with van der Waals surface area (Å²) in [7, 11) is 0. The van der Waals surface area contributed by atoms with Gasteiger partial charge in [-0.1, -0.05) is 12.1 Å². The van der Waals surface area contributed by atoms with Crippen LogP contribution in [0.1, 0.15) is 29.0 Å². The molecule has 5 nitrogen and oxygen atoms in total. The average Bonchev–Trinajstić information content (AvgIpc) is 3.31. The summed E-state index contributed by atoms with van der Waals surface area (Å²) >= 11 is 0. The Balaban J connectivity index is 1.32. The molecule has 4 rings (SSSR count). The third-order valence-corrected chi connectivity index (χ3v) is 4.78. The van der Waals surface area contributed by atoms with Crippen molar-refractivity contribution in [3.05, 3.63) is 60.2 Å². The standard InChI is InChI=1S/C19H21N3O2/c23-19(18-5-2-12-24-18)22-10-7-15(8-11-22)21-13-14-3-1-4-17-16(14)6-9-20-17/h1-6,9,12,15,20-21H,7-8,10-11,13H2. The molecule has 1 saturated heterocycles. The first-order chi connectivity index (χ1) is 11.8. The highest BCUT2D eigenvalue weighted by Gasteiger charge is 2.24. The van der Waals surface area contributed by atoms with Gasteiger partial charge in [-0.25, -0.2) is 0 Å². The molecule has 3 heterocycles. The number of nitrogens with zero attached hydrogens (tertiary/aromatic N) is 1. The molecule has 0 atom stereocenters. The number of furan rings is 1. The maximum absolute atomic E-state index is 12.3. The number of nitrogens with one attached hydrogen (secondary N) is 2. The largest absolute Gasteiger partial charge is 0.459 e. The van der Waals surface area contributed by atoms with Gasteiger partial charge < -0.3 is 19.6 Å². The third kappa shape index (κ3) is 2.95. The van der Waals surface area contributed by atoms with E-state index < -0.39 is 0 Å². The predicted octanol–water partition coefficient (Wildman–Crippen LogP) is 3.16. The lowest BCUT2D eigenvalue weighted by molar-refractivity contribution is 0.0672. The van der Waals surface area contributed by atoms with Crippen LogP contribution in [-0.4, -0.2) is 34.9 Å². The van der Waals surface area contributed by atoms with Crippen LogP contribution in [0.5, 0.6) is 0 Å². The lowest BCUT2D eigenvalue weighted by Crippen LogP contribution is -2.44. The summed E-state index contributed by atoms with van der Waals surface area (Å²) in [4.78, 5) is 17.4. The summed E-state index contributed by atoms with van der Waals surface area (Å²) < 4.78 is 5.20. The van der Waals surface area contributed by atoms with Gasteiger partial charge in [0.25, 0.3) is 5.91 Å². The van der Waals surface area contributed by atoms with Crippen LogP contribution in [0, 0.1) is 0 Å². The molecule has 1 aliphatic rings. The number of hydrogen-bond acceptors (Lipinski definition) is 3. The van der Waals surface area contributed by atoms with Crippen molar-refractivity contribution in [1.82, 2.24) is 15.2 Å². The maximum atomic E-state index is 12.3. The van der Waals surface area contributed by atoms with Crippen LogP contribution in [0.25, 0.3) is 10.9 Å². The van der Waals surface area contributed by atoms with Gasteiger partial charge in [-0.3, -0.25) is 4.79 Å². The molecule has 1 aromatic carbocycles. The lowest BCUT2D eigenvalue weighted by Gasteiger charge is -2.32. The molecule has 124 valence electrons. The normalized spacial score (nSPS) is 15.9. The van der Waals surface area contributed by atoms with Crippen molar-refractivity contribution in [2.45, 2.75) is 25.4 Å². The first kappa shape index (κ1) is 15.0. The van der Waals surface area contributed by atoms with Crippen molar-refractivity contribution in [2.24, 2.45) is 0 Å². The summed E-state index contributed by atoms with van der Waals surface area (Å²) in [6.45, 7) is 2.39. The van der Waals surface area contributed by atoms with Crippen molar-refractivity contribution in [1.29, 1.82) is 0 Å². The molecule has 0 spiro atoms. The Morgan fingerprint density at radius 2 is 2.08 bits per heavy atom. The fraction of sp³-hybridized carbons (Fsp3) is 0.316. The van der Waals surface area contributed by atoms with Gasteiger partial charge in [-0.05, 0) is 42.7 Å². The number of rotatable bonds is 4. The number of carbonyl (C=O) groups excluding carboxylic acids is 1. The van der Waals surface area contributed by atoms with Gasteiger partial charge in [0.2, 0.25) is 0 Å². The van der Waals surface area contributed by atoms with Crippen LogP contribution in [0.15, 0.2) is 53.3 Å². The predicted molar refractivity (Wildman–Crippen MR) is 92.8 cm³/mol. The van der Waals surface area contributed by atoms with E-state index in [9.17, 15) is 4.79 Å². The number of carbonyl (C=O) groups is 1. The van der Waals surface area contributed by atoms with E-state index in [-0.39, 0.29) is 5.91 Å².